The van der Waals surface area contributed by atoms with E-state index in [9.17, 15) is 0 Å². The third-order valence-electron chi connectivity index (χ3n) is 3.64. The first-order valence-corrected chi connectivity index (χ1v) is 8.31. The molecule has 0 radical (unpaired) electrons. The molecule has 0 heterocycles. The highest BCUT2D eigenvalue weighted by atomic mass is 16.5. The van der Waals surface area contributed by atoms with Crippen molar-refractivity contribution in [1.29, 1.82) is 5.41 Å². The molecule has 0 amide bonds. The van der Waals surface area contributed by atoms with Crippen molar-refractivity contribution >= 4 is 5.90 Å². The Hall–Kier alpha value is -2.79. The minimum absolute atomic E-state index is 0.0351. The van der Waals surface area contributed by atoms with Crippen LogP contribution in [-0.4, -0.2) is 5.90 Å². The average Bonchev–Trinajstić information content (AvgIpc) is 2.62. The summed E-state index contributed by atoms with van der Waals surface area (Å²) in [7, 11) is 0. The van der Waals surface area contributed by atoms with Crippen molar-refractivity contribution in [2.45, 2.75) is 32.6 Å². The van der Waals surface area contributed by atoms with Crippen LogP contribution < -0.4 is 4.74 Å². The van der Waals surface area contributed by atoms with Crippen molar-refractivity contribution in [3.63, 3.8) is 0 Å². The molecule has 2 aromatic carbocycles. The molecular formula is C22H23NO. The van der Waals surface area contributed by atoms with Crippen LogP contribution in [0.2, 0.25) is 0 Å². The molecule has 0 spiro atoms. The highest BCUT2D eigenvalue weighted by molar-refractivity contribution is 5.86. The Balaban J connectivity index is 1.96. The zero-order chi connectivity index (χ0) is 17.2. The largest absolute Gasteiger partial charge is 0.440 e. The number of unbranched alkanes of at least 4 members (excludes halogenated alkanes) is 2. The van der Waals surface area contributed by atoms with Gasteiger partial charge in [-0.25, -0.2) is 0 Å². The highest BCUT2D eigenvalue weighted by Gasteiger charge is 1.96. The number of hydrogen-bond acceptors (Lipinski definition) is 2. The molecule has 0 aliphatic heterocycles. The Labute approximate surface area is 144 Å². The van der Waals surface area contributed by atoms with Gasteiger partial charge in [0.1, 0.15) is 5.75 Å². The van der Waals surface area contributed by atoms with Crippen LogP contribution in [0.15, 0.2) is 61.2 Å². The van der Waals surface area contributed by atoms with E-state index in [4.69, 9.17) is 10.1 Å². The molecule has 24 heavy (non-hydrogen) atoms. The number of benzene rings is 2. The summed E-state index contributed by atoms with van der Waals surface area (Å²) >= 11 is 0. The maximum Gasteiger partial charge on any atom is 0.211 e. The van der Waals surface area contributed by atoms with E-state index in [1.807, 2.05) is 12.1 Å². The summed E-state index contributed by atoms with van der Waals surface area (Å²) in [5.41, 5.74) is 3.31. The molecule has 122 valence electrons. The molecule has 0 unspecified atom stereocenters. The van der Waals surface area contributed by atoms with Crippen LogP contribution in [0.4, 0.5) is 0 Å². The van der Waals surface area contributed by atoms with Crippen molar-refractivity contribution in [3.05, 3.63) is 77.9 Å². The fraction of sp³-hybridized carbons (Fsp3) is 0.227. The molecule has 0 bridgehead atoms. The standard InChI is InChI=1S/C22H23NO/c1-3-5-6-7-18-8-10-19(11-9-18)12-13-20-14-16-21(17-15-20)24-22(23)4-2/h4,8-11,14-17,23H,2-3,5-7H2,1H3. The van der Waals surface area contributed by atoms with E-state index >= 15 is 0 Å². The lowest BCUT2D eigenvalue weighted by Crippen LogP contribution is -2.01. The van der Waals surface area contributed by atoms with Gasteiger partial charge in [0.25, 0.3) is 0 Å². The van der Waals surface area contributed by atoms with Crippen LogP contribution in [0, 0.1) is 17.3 Å². The summed E-state index contributed by atoms with van der Waals surface area (Å²) in [5.74, 6) is 6.97. The molecule has 2 nitrogen and oxygen atoms in total. The average molecular weight is 317 g/mol. The molecule has 0 aliphatic rings. The Morgan fingerprint density at radius 2 is 1.58 bits per heavy atom. The lowest BCUT2D eigenvalue weighted by molar-refractivity contribution is 0.551. The quantitative estimate of drug-likeness (QED) is 0.331. The minimum Gasteiger partial charge on any atom is -0.440 e. The minimum atomic E-state index is 0.0351. The summed E-state index contributed by atoms with van der Waals surface area (Å²) in [6, 6.07) is 15.9. The molecule has 0 aliphatic carbocycles. The van der Waals surface area contributed by atoms with Crippen LogP contribution >= 0.6 is 0 Å². The van der Waals surface area contributed by atoms with Crippen LogP contribution in [0.1, 0.15) is 42.9 Å². The zero-order valence-corrected chi connectivity index (χ0v) is 14.1. The Kier molecular flexibility index (Phi) is 6.86. The van der Waals surface area contributed by atoms with Gasteiger partial charge in [-0.15, -0.1) is 0 Å². The van der Waals surface area contributed by atoms with Gasteiger partial charge in [-0.3, -0.25) is 5.41 Å². The third-order valence-corrected chi connectivity index (χ3v) is 3.64. The molecule has 1 N–H and O–H groups in total. The lowest BCUT2D eigenvalue weighted by Gasteiger charge is -2.02. The predicted octanol–water partition coefficient (Wildman–Crippen LogP) is 5.36. The normalized spacial score (nSPS) is 9.71. The SMILES string of the molecule is C=CC(=N)Oc1ccc(C#Cc2ccc(CCCCC)cc2)cc1. The first-order valence-electron chi connectivity index (χ1n) is 8.31. The number of rotatable bonds is 6. The van der Waals surface area contributed by atoms with Crippen LogP contribution in [-0.2, 0) is 6.42 Å². The van der Waals surface area contributed by atoms with Gasteiger partial charge < -0.3 is 4.74 Å². The van der Waals surface area contributed by atoms with Gasteiger partial charge in [0.05, 0.1) is 0 Å². The van der Waals surface area contributed by atoms with Gasteiger partial charge in [-0.05, 0) is 60.9 Å². The Bertz CT molecular complexity index is 730. The summed E-state index contributed by atoms with van der Waals surface area (Å²) < 4.78 is 5.25. The van der Waals surface area contributed by atoms with Crippen LogP contribution in [0.5, 0.6) is 5.75 Å². The van der Waals surface area contributed by atoms with Gasteiger partial charge in [-0.2, -0.15) is 0 Å². The van der Waals surface area contributed by atoms with Crippen molar-refractivity contribution in [3.8, 4) is 17.6 Å². The molecular weight excluding hydrogens is 294 g/mol. The molecule has 0 aromatic heterocycles. The highest BCUT2D eigenvalue weighted by Crippen LogP contribution is 2.12. The van der Waals surface area contributed by atoms with Crippen molar-refractivity contribution in [1.82, 2.24) is 0 Å². The van der Waals surface area contributed by atoms with Gasteiger partial charge in [0.15, 0.2) is 0 Å². The van der Waals surface area contributed by atoms with Crippen LogP contribution in [0.25, 0.3) is 0 Å². The summed E-state index contributed by atoms with van der Waals surface area (Å²) in [6.45, 7) is 5.72. The third kappa shape index (κ3) is 5.78. The fourth-order valence-electron chi connectivity index (χ4n) is 2.25. The van der Waals surface area contributed by atoms with Gasteiger partial charge >= 0.3 is 0 Å². The van der Waals surface area contributed by atoms with Gasteiger partial charge in [-0.1, -0.05) is 50.3 Å². The predicted molar refractivity (Wildman–Crippen MR) is 101 cm³/mol. The zero-order valence-electron chi connectivity index (χ0n) is 14.1. The van der Waals surface area contributed by atoms with E-state index in [-0.39, 0.29) is 5.90 Å². The number of ether oxygens (including phenoxy) is 1. The second-order valence-corrected chi connectivity index (χ2v) is 5.60. The first kappa shape index (κ1) is 17.6. The molecule has 2 rings (SSSR count). The second kappa shape index (κ2) is 9.37. The fourth-order valence-corrected chi connectivity index (χ4v) is 2.25. The van der Waals surface area contributed by atoms with E-state index in [2.05, 4.69) is 49.6 Å². The molecule has 0 saturated carbocycles. The number of aryl methyl sites for hydroxylation is 1. The van der Waals surface area contributed by atoms with Gasteiger partial charge in [0.2, 0.25) is 5.90 Å². The Morgan fingerprint density at radius 3 is 2.12 bits per heavy atom. The summed E-state index contributed by atoms with van der Waals surface area (Å²) in [6.07, 6.45) is 6.29. The van der Waals surface area contributed by atoms with Gasteiger partial charge in [0, 0.05) is 11.1 Å². The van der Waals surface area contributed by atoms with E-state index in [0.717, 1.165) is 17.5 Å². The van der Waals surface area contributed by atoms with Crippen molar-refractivity contribution in [2.75, 3.05) is 0 Å². The smallest absolute Gasteiger partial charge is 0.211 e. The number of nitrogens with one attached hydrogen (secondary N) is 1. The topological polar surface area (TPSA) is 33.1 Å². The van der Waals surface area contributed by atoms with E-state index in [1.165, 1.54) is 30.9 Å². The van der Waals surface area contributed by atoms with E-state index < -0.39 is 0 Å². The van der Waals surface area contributed by atoms with E-state index in [1.54, 1.807) is 12.1 Å². The second-order valence-electron chi connectivity index (χ2n) is 5.60. The summed E-state index contributed by atoms with van der Waals surface area (Å²) in [5, 5.41) is 7.42. The Morgan fingerprint density at radius 1 is 1.00 bits per heavy atom. The van der Waals surface area contributed by atoms with Crippen LogP contribution in [0.3, 0.4) is 0 Å². The summed E-state index contributed by atoms with van der Waals surface area (Å²) in [4.78, 5) is 0. The monoisotopic (exact) mass is 317 g/mol. The molecule has 0 fully saturated rings. The molecule has 0 atom stereocenters. The number of hydrogen-bond donors (Lipinski definition) is 1. The lowest BCUT2D eigenvalue weighted by atomic mass is 10.1. The van der Waals surface area contributed by atoms with Crippen molar-refractivity contribution < 1.29 is 4.74 Å². The maximum atomic E-state index is 7.42. The maximum absolute atomic E-state index is 7.42. The van der Waals surface area contributed by atoms with Crippen molar-refractivity contribution in [2.24, 2.45) is 0 Å². The first-order chi connectivity index (χ1) is 11.7. The molecule has 2 heteroatoms. The molecule has 2 aromatic rings. The molecule has 0 saturated heterocycles. The van der Waals surface area contributed by atoms with E-state index in [0.29, 0.717) is 5.75 Å².